The van der Waals surface area contributed by atoms with E-state index in [1.807, 2.05) is 78.6 Å². The number of nitrogens with one attached hydrogen (secondary N) is 1. The Balaban J connectivity index is 1.44. The van der Waals surface area contributed by atoms with Gasteiger partial charge >= 0.3 is 0 Å². The molecule has 4 aromatic rings. The van der Waals surface area contributed by atoms with Crippen molar-refractivity contribution in [2.45, 2.75) is 32.0 Å². The van der Waals surface area contributed by atoms with Gasteiger partial charge in [-0.25, -0.2) is 0 Å². The van der Waals surface area contributed by atoms with Gasteiger partial charge in [-0.1, -0.05) is 78.4 Å². The molecule has 2 amide bonds. The normalized spacial score (nSPS) is 20.2. The molecule has 1 saturated heterocycles. The summed E-state index contributed by atoms with van der Waals surface area (Å²) in [5.74, 6) is 0.0110. The molecule has 1 fully saturated rings. The van der Waals surface area contributed by atoms with Crippen LogP contribution in [0.4, 0.5) is 0 Å². The van der Waals surface area contributed by atoms with Crippen molar-refractivity contribution in [2.75, 3.05) is 6.54 Å². The zero-order chi connectivity index (χ0) is 22.5. The Kier molecular flexibility index (Phi) is 4.57. The van der Waals surface area contributed by atoms with Crippen molar-refractivity contribution in [2.24, 2.45) is 0 Å². The Labute approximate surface area is 192 Å². The third-order valence-electron chi connectivity index (χ3n) is 6.95. The summed E-state index contributed by atoms with van der Waals surface area (Å²) in [7, 11) is 0. The van der Waals surface area contributed by atoms with Gasteiger partial charge in [-0.3, -0.25) is 9.59 Å². The van der Waals surface area contributed by atoms with E-state index in [-0.39, 0.29) is 24.4 Å². The third kappa shape index (κ3) is 3.23. The highest BCUT2D eigenvalue weighted by atomic mass is 16.2. The summed E-state index contributed by atoms with van der Waals surface area (Å²) in [6, 6.07) is 25.6. The van der Waals surface area contributed by atoms with E-state index in [0.29, 0.717) is 13.0 Å². The van der Waals surface area contributed by atoms with E-state index in [1.54, 1.807) is 4.90 Å². The number of aromatic nitrogens is 1. The predicted octanol–water partition coefficient (Wildman–Crippen LogP) is 4.36. The predicted molar refractivity (Wildman–Crippen MR) is 128 cm³/mol. The number of carbonyl (C=O) groups is 2. The second-order valence-electron chi connectivity index (χ2n) is 9.08. The first-order valence-electron chi connectivity index (χ1n) is 11.4. The molecular weight excluding hydrogens is 410 g/mol. The van der Waals surface area contributed by atoms with E-state index in [4.69, 9.17) is 0 Å². The van der Waals surface area contributed by atoms with Crippen LogP contribution in [-0.2, 0) is 22.6 Å². The monoisotopic (exact) mass is 435 g/mol. The van der Waals surface area contributed by atoms with E-state index < -0.39 is 6.04 Å². The van der Waals surface area contributed by atoms with Crippen molar-refractivity contribution >= 4 is 22.7 Å². The summed E-state index contributed by atoms with van der Waals surface area (Å²) in [6.45, 7) is 2.59. The Morgan fingerprint density at radius 1 is 0.909 bits per heavy atom. The van der Waals surface area contributed by atoms with Gasteiger partial charge in [-0.05, 0) is 29.7 Å². The molecule has 3 heterocycles. The molecule has 2 atom stereocenters. The van der Waals surface area contributed by atoms with Crippen LogP contribution in [0.5, 0.6) is 0 Å². The highest BCUT2D eigenvalue weighted by molar-refractivity contribution is 5.97. The molecule has 0 radical (unpaired) electrons. The van der Waals surface area contributed by atoms with Crippen molar-refractivity contribution in [1.29, 1.82) is 0 Å². The SMILES string of the molecule is Cc1ccc(CN2CC(=O)N3C(c4ccccc4)c4[nH]c5ccccc5c4C[C@H]3C2=O)cc1. The van der Waals surface area contributed by atoms with Crippen LogP contribution in [0.3, 0.4) is 0 Å². The fraction of sp³-hybridized carbons (Fsp3) is 0.214. The Morgan fingerprint density at radius 2 is 1.64 bits per heavy atom. The summed E-state index contributed by atoms with van der Waals surface area (Å²) in [5, 5.41) is 1.13. The van der Waals surface area contributed by atoms with Crippen LogP contribution < -0.4 is 0 Å². The summed E-state index contributed by atoms with van der Waals surface area (Å²) in [5.41, 5.74) is 6.43. The van der Waals surface area contributed by atoms with Crippen LogP contribution in [0.15, 0.2) is 78.9 Å². The molecule has 0 aliphatic carbocycles. The number of H-pyrrole nitrogens is 1. The number of amides is 2. The first-order chi connectivity index (χ1) is 16.1. The van der Waals surface area contributed by atoms with Gasteiger partial charge in [0.2, 0.25) is 11.8 Å². The summed E-state index contributed by atoms with van der Waals surface area (Å²) in [4.78, 5) is 34.4. The molecular formula is C28H25N3O2. The van der Waals surface area contributed by atoms with Gasteiger partial charge in [0.1, 0.15) is 12.6 Å². The zero-order valence-electron chi connectivity index (χ0n) is 18.5. The number of fused-ring (bicyclic) bond motifs is 4. The van der Waals surface area contributed by atoms with E-state index >= 15 is 0 Å². The van der Waals surface area contributed by atoms with E-state index in [0.717, 1.165) is 33.3 Å². The highest BCUT2D eigenvalue weighted by Gasteiger charge is 2.48. The standard InChI is InChI=1S/C28H25N3O2/c1-18-11-13-19(14-12-18)16-30-17-25(32)31-24(28(30)33)15-22-21-9-5-6-10-23(21)29-26(22)27(31)20-7-3-2-4-8-20/h2-14,24,27,29H,15-17H2,1H3/t24-,27?/m0/s1. The molecule has 1 unspecified atom stereocenters. The van der Waals surface area contributed by atoms with Crippen LogP contribution in [0.25, 0.3) is 10.9 Å². The maximum absolute atomic E-state index is 13.7. The van der Waals surface area contributed by atoms with Gasteiger partial charge in [0, 0.05) is 29.6 Å². The van der Waals surface area contributed by atoms with Crippen LogP contribution in [-0.4, -0.2) is 39.2 Å². The number of nitrogens with zero attached hydrogens (tertiary/aromatic N) is 2. The molecule has 0 bridgehead atoms. The molecule has 33 heavy (non-hydrogen) atoms. The van der Waals surface area contributed by atoms with Crippen LogP contribution in [0.1, 0.15) is 34.0 Å². The number of aromatic amines is 1. The maximum atomic E-state index is 13.7. The zero-order valence-corrected chi connectivity index (χ0v) is 18.5. The number of para-hydroxylation sites is 1. The van der Waals surface area contributed by atoms with E-state index in [9.17, 15) is 9.59 Å². The lowest BCUT2D eigenvalue weighted by Gasteiger charge is -2.47. The number of carbonyl (C=O) groups excluding carboxylic acids is 2. The quantitative estimate of drug-likeness (QED) is 0.520. The Bertz CT molecular complexity index is 1360. The molecule has 0 saturated carbocycles. The number of benzene rings is 3. The van der Waals surface area contributed by atoms with Crippen molar-refractivity contribution in [3.8, 4) is 0 Å². The first-order valence-corrected chi connectivity index (χ1v) is 11.4. The van der Waals surface area contributed by atoms with Gasteiger partial charge < -0.3 is 14.8 Å². The van der Waals surface area contributed by atoms with Gasteiger partial charge in [0.15, 0.2) is 0 Å². The second kappa shape index (κ2) is 7.62. The van der Waals surface area contributed by atoms with Crippen LogP contribution in [0, 0.1) is 6.92 Å². The molecule has 3 aromatic carbocycles. The number of aryl methyl sites for hydroxylation is 1. The minimum absolute atomic E-state index is 0.00938. The molecule has 6 rings (SSSR count). The maximum Gasteiger partial charge on any atom is 0.246 e. The number of hydrogen-bond acceptors (Lipinski definition) is 2. The largest absolute Gasteiger partial charge is 0.356 e. The van der Waals surface area contributed by atoms with Gasteiger partial charge in [0.05, 0.1) is 6.04 Å². The number of piperazine rings is 1. The fourth-order valence-electron chi connectivity index (χ4n) is 5.35. The molecule has 1 aromatic heterocycles. The Morgan fingerprint density at radius 3 is 2.42 bits per heavy atom. The summed E-state index contributed by atoms with van der Waals surface area (Å²) >= 11 is 0. The summed E-state index contributed by atoms with van der Waals surface area (Å²) < 4.78 is 0. The molecule has 5 heteroatoms. The second-order valence-corrected chi connectivity index (χ2v) is 9.08. The van der Waals surface area contributed by atoms with Crippen molar-refractivity contribution in [3.63, 3.8) is 0 Å². The van der Waals surface area contributed by atoms with Gasteiger partial charge in [0.25, 0.3) is 0 Å². The van der Waals surface area contributed by atoms with E-state index in [2.05, 4.69) is 17.1 Å². The fourth-order valence-corrected chi connectivity index (χ4v) is 5.35. The topological polar surface area (TPSA) is 56.4 Å². The Hall–Kier alpha value is -3.86. The van der Waals surface area contributed by atoms with E-state index in [1.165, 1.54) is 5.56 Å². The lowest BCUT2D eigenvalue weighted by molar-refractivity contribution is -0.159. The number of rotatable bonds is 3. The lowest BCUT2D eigenvalue weighted by atomic mass is 9.86. The van der Waals surface area contributed by atoms with Crippen molar-refractivity contribution < 1.29 is 9.59 Å². The molecule has 5 nitrogen and oxygen atoms in total. The van der Waals surface area contributed by atoms with Crippen molar-refractivity contribution in [3.05, 3.63) is 107 Å². The minimum atomic E-state index is -0.506. The molecule has 1 N–H and O–H groups in total. The molecule has 2 aliphatic rings. The van der Waals surface area contributed by atoms with Crippen LogP contribution >= 0.6 is 0 Å². The smallest absolute Gasteiger partial charge is 0.246 e. The van der Waals surface area contributed by atoms with Gasteiger partial charge in [-0.2, -0.15) is 0 Å². The molecule has 2 aliphatic heterocycles. The van der Waals surface area contributed by atoms with Crippen molar-refractivity contribution in [1.82, 2.24) is 14.8 Å². The summed E-state index contributed by atoms with van der Waals surface area (Å²) in [6.07, 6.45) is 0.525. The molecule has 0 spiro atoms. The van der Waals surface area contributed by atoms with Gasteiger partial charge in [-0.15, -0.1) is 0 Å². The highest BCUT2D eigenvalue weighted by Crippen LogP contribution is 2.42. The lowest BCUT2D eigenvalue weighted by Crippen LogP contribution is -2.62. The average Bonchev–Trinajstić information content (AvgIpc) is 3.21. The average molecular weight is 436 g/mol. The molecule has 164 valence electrons. The first kappa shape index (κ1) is 19.8. The number of hydrogen-bond donors (Lipinski definition) is 1. The third-order valence-corrected chi connectivity index (χ3v) is 6.95. The minimum Gasteiger partial charge on any atom is -0.356 e. The van der Waals surface area contributed by atoms with Crippen LogP contribution in [0.2, 0.25) is 0 Å².